The van der Waals surface area contributed by atoms with Crippen LogP contribution in [-0.2, 0) is 0 Å². The highest BCUT2D eigenvalue weighted by atomic mass is 16.5. The molecule has 0 amide bonds. The Morgan fingerprint density at radius 1 is 1.03 bits per heavy atom. The van der Waals surface area contributed by atoms with Crippen LogP contribution in [0.15, 0.2) is 53.3 Å². The molecular weight excluding hydrogens is 360 g/mol. The third-order valence-corrected chi connectivity index (χ3v) is 6.14. The minimum absolute atomic E-state index is 0.306. The predicted molar refractivity (Wildman–Crippen MR) is 116 cm³/mol. The third kappa shape index (κ3) is 2.61. The largest absolute Gasteiger partial charge is 0.363 e. The van der Waals surface area contributed by atoms with Crippen LogP contribution in [0.4, 0.5) is 11.4 Å². The van der Waals surface area contributed by atoms with Crippen LogP contribution in [0.25, 0.3) is 33.0 Å². The van der Waals surface area contributed by atoms with Gasteiger partial charge in [-0.15, -0.1) is 0 Å². The first-order chi connectivity index (χ1) is 14.2. The van der Waals surface area contributed by atoms with Crippen LogP contribution >= 0.6 is 0 Å². The lowest BCUT2D eigenvalue weighted by molar-refractivity contribution is 0.393. The maximum atomic E-state index is 5.46. The Morgan fingerprint density at radius 2 is 1.93 bits per heavy atom. The van der Waals surface area contributed by atoms with Crippen LogP contribution in [0.1, 0.15) is 24.3 Å². The van der Waals surface area contributed by atoms with Gasteiger partial charge in [-0.1, -0.05) is 23.4 Å². The Bertz CT molecular complexity index is 1230. The van der Waals surface area contributed by atoms with Crippen molar-refractivity contribution >= 4 is 22.1 Å². The second-order valence-corrected chi connectivity index (χ2v) is 8.15. The van der Waals surface area contributed by atoms with Gasteiger partial charge in [-0.3, -0.25) is 4.98 Å². The molecule has 3 heterocycles. The Kier molecular flexibility index (Phi) is 3.48. The number of nitrogens with one attached hydrogen (secondary N) is 2. The van der Waals surface area contributed by atoms with Crippen molar-refractivity contribution < 1.29 is 4.52 Å². The molecule has 2 aliphatic rings. The minimum Gasteiger partial charge on any atom is -0.363 e. The fourth-order valence-corrected chi connectivity index (χ4v) is 4.55. The fraction of sp³-hybridized carbons (Fsp3) is 0.250. The first-order valence-electron chi connectivity index (χ1n) is 10.2. The maximum Gasteiger partial charge on any atom is 0.141 e. The van der Waals surface area contributed by atoms with Crippen LogP contribution < -0.4 is 10.6 Å². The molecule has 1 aliphatic carbocycles. The summed E-state index contributed by atoms with van der Waals surface area (Å²) in [6, 6.07) is 13.0. The Balaban J connectivity index is 1.61. The number of benzene rings is 2. The van der Waals surface area contributed by atoms with Gasteiger partial charge in [0.2, 0.25) is 0 Å². The van der Waals surface area contributed by atoms with E-state index in [2.05, 4.69) is 57.2 Å². The summed E-state index contributed by atoms with van der Waals surface area (Å²) < 4.78 is 5.46. The zero-order valence-corrected chi connectivity index (χ0v) is 16.5. The molecule has 0 radical (unpaired) electrons. The van der Waals surface area contributed by atoms with E-state index in [0.29, 0.717) is 12.1 Å². The predicted octanol–water partition coefficient (Wildman–Crippen LogP) is 5.75. The summed E-state index contributed by atoms with van der Waals surface area (Å²) in [4.78, 5) is 4.30. The number of aromatic nitrogens is 2. The molecule has 1 aliphatic heterocycles. The van der Waals surface area contributed by atoms with Gasteiger partial charge in [0, 0.05) is 28.9 Å². The van der Waals surface area contributed by atoms with Crippen molar-refractivity contribution in [1.29, 1.82) is 0 Å². The molecule has 0 saturated heterocycles. The van der Waals surface area contributed by atoms with Gasteiger partial charge in [0.05, 0.1) is 23.2 Å². The molecule has 1 unspecified atom stereocenters. The van der Waals surface area contributed by atoms with Gasteiger partial charge < -0.3 is 15.2 Å². The van der Waals surface area contributed by atoms with Crippen LogP contribution in [0, 0.1) is 19.8 Å². The Labute approximate surface area is 169 Å². The maximum absolute atomic E-state index is 5.46. The summed E-state index contributed by atoms with van der Waals surface area (Å²) in [5.74, 6) is 1.55. The van der Waals surface area contributed by atoms with Crippen LogP contribution in [0.2, 0.25) is 0 Å². The lowest BCUT2D eigenvalue weighted by atomic mass is 9.93. The van der Waals surface area contributed by atoms with Gasteiger partial charge in [-0.05, 0) is 67.3 Å². The van der Waals surface area contributed by atoms with Crippen molar-refractivity contribution in [3.8, 4) is 22.3 Å². The zero-order valence-electron chi connectivity index (χ0n) is 16.5. The number of hydrogen-bond donors (Lipinski definition) is 2. The van der Waals surface area contributed by atoms with Crippen molar-refractivity contribution in [2.24, 2.45) is 5.92 Å². The lowest BCUT2D eigenvalue weighted by Gasteiger charge is -2.14. The molecule has 5 heteroatoms. The highest BCUT2D eigenvalue weighted by molar-refractivity contribution is 6.03. The van der Waals surface area contributed by atoms with E-state index in [4.69, 9.17) is 4.52 Å². The zero-order chi connectivity index (χ0) is 19.5. The van der Waals surface area contributed by atoms with Crippen molar-refractivity contribution in [2.75, 3.05) is 10.6 Å². The molecule has 5 nitrogen and oxygen atoms in total. The molecule has 29 heavy (non-hydrogen) atoms. The first-order valence-corrected chi connectivity index (χ1v) is 10.2. The van der Waals surface area contributed by atoms with E-state index in [-0.39, 0.29) is 0 Å². The number of rotatable bonds is 3. The van der Waals surface area contributed by atoms with E-state index >= 15 is 0 Å². The molecule has 0 bridgehead atoms. The molecule has 144 valence electrons. The molecular formula is C24H22N4O. The summed E-state index contributed by atoms with van der Waals surface area (Å²) in [6.07, 6.45) is 6.66. The van der Waals surface area contributed by atoms with E-state index in [1.165, 1.54) is 35.0 Å². The number of aryl methyl sites for hydroxylation is 2. The number of nitrogens with zero attached hydrogens (tertiary/aromatic N) is 2. The SMILES string of the molecule is Cc1noc(C)c1-c1cc2c(c(-c3cccc4cnccc34)c1)NC(C1CC1)N2. The average Bonchev–Trinajstić information content (AvgIpc) is 3.42. The summed E-state index contributed by atoms with van der Waals surface area (Å²) in [6.45, 7) is 3.98. The molecule has 2 aromatic carbocycles. The van der Waals surface area contributed by atoms with Crippen LogP contribution in [-0.4, -0.2) is 16.3 Å². The second-order valence-electron chi connectivity index (χ2n) is 8.15. The van der Waals surface area contributed by atoms with Crippen molar-refractivity contribution in [3.63, 3.8) is 0 Å². The van der Waals surface area contributed by atoms with Gasteiger partial charge >= 0.3 is 0 Å². The molecule has 1 fully saturated rings. The van der Waals surface area contributed by atoms with Gasteiger partial charge in [0.15, 0.2) is 0 Å². The van der Waals surface area contributed by atoms with E-state index in [9.17, 15) is 0 Å². The summed E-state index contributed by atoms with van der Waals surface area (Å²) in [5.41, 5.74) is 7.87. The smallest absolute Gasteiger partial charge is 0.141 e. The topological polar surface area (TPSA) is 63.0 Å². The molecule has 1 saturated carbocycles. The van der Waals surface area contributed by atoms with E-state index in [0.717, 1.165) is 33.7 Å². The quantitative estimate of drug-likeness (QED) is 0.472. The highest BCUT2D eigenvalue weighted by Gasteiger charge is 2.36. The van der Waals surface area contributed by atoms with Crippen molar-refractivity contribution in [1.82, 2.24) is 10.1 Å². The average molecular weight is 382 g/mol. The van der Waals surface area contributed by atoms with Crippen molar-refractivity contribution in [2.45, 2.75) is 32.9 Å². The lowest BCUT2D eigenvalue weighted by Crippen LogP contribution is -2.24. The molecule has 2 N–H and O–H groups in total. The fourth-order valence-electron chi connectivity index (χ4n) is 4.55. The second kappa shape index (κ2) is 6.08. The summed E-state index contributed by atoms with van der Waals surface area (Å²) in [7, 11) is 0. The van der Waals surface area contributed by atoms with E-state index in [1.54, 1.807) is 0 Å². The molecule has 2 aromatic heterocycles. The first kappa shape index (κ1) is 16.6. The Morgan fingerprint density at radius 3 is 2.72 bits per heavy atom. The summed E-state index contributed by atoms with van der Waals surface area (Å²) >= 11 is 0. The van der Waals surface area contributed by atoms with Gasteiger partial charge in [0.1, 0.15) is 5.76 Å². The van der Waals surface area contributed by atoms with Crippen LogP contribution in [0.3, 0.4) is 0 Å². The van der Waals surface area contributed by atoms with Crippen LogP contribution in [0.5, 0.6) is 0 Å². The van der Waals surface area contributed by atoms with E-state index in [1.807, 2.05) is 26.2 Å². The number of fused-ring (bicyclic) bond motifs is 2. The number of pyridine rings is 1. The van der Waals surface area contributed by atoms with Gasteiger partial charge in [-0.25, -0.2) is 0 Å². The standard InChI is InChI=1S/C24H22N4O/c1-13-22(14(2)29-28-13)17-10-20(19-5-3-4-16-12-25-9-8-18(16)19)23-21(11-17)26-24(27-23)15-6-7-15/h3-5,8-12,15,24,26-27H,6-7H2,1-2H3. The molecule has 4 aromatic rings. The number of hydrogen-bond acceptors (Lipinski definition) is 5. The monoisotopic (exact) mass is 382 g/mol. The molecule has 6 rings (SSSR count). The van der Waals surface area contributed by atoms with Gasteiger partial charge in [0.25, 0.3) is 0 Å². The highest BCUT2D eigenvalue weighted by Crippen LogP contribution is 2.48. The molecule has 1 atom stereocenters. The third-order valence-electron chi connectivity index (χ3n) is 6.14. The minimum atomic E-state index is 0.306. The van der Waals surface area contributed by atoms with Crippen molar-refractivity contribution in [3.05, 3.63) is 60.2 Å². The number of anilines is 2. The normalized spacial score (nSPS) is 17.8. The van der Waals surface area contributed by atoms with E-state index < -0.39 is 0 Å². The molecule has 0 spiro atoms. The Hall–Kier alpha value is -3.34. The summed E-state index contributed by atoms with van der Waals surface area (Å²) in [5, 5.41) is 14.0. The van der Waals surface area contributed by atoms with Gasteiger partial charge in [-0.2, -0.15) is 0 Å².